The summed E-state index contributed by atoms with van der Waals surface area (Å²) >= 11 is 8.40. The molecular formula is C8H16ClI. The highest BCUT2D eigenvalue weighted by Crippen LogP contribution is 2.14. The predicted molar refractivity (Wildman–Crippen MR) is 57.3 cm³/mol. The molecule has 2 heteroatoms. The van der Waals surface area contributed by atoms with Gasteiger partial charge in [-0.1, -0.05) is 42.9 Å². The summed E-state index contributed by atoms with van der Waals surface area (Å²) in [5.74, 6) is 0. The van der Waals surface area contributed by atoms with Crippen molar-refractivity contribution in [3.8, 4) is 0 Å². The van der Waals surface area contributed by atoms with E-state index in [0.29, 0.717) is 5.38 Å². The minimum Gasteiger partial charge on any atom is -0.123 e. The summed E-state index contributed by atoms with van der Waals surface area (Å²) in [7, 11) is 0. The predicted octanol–water partition coefficient (Wildman–Crippen LogP) is 4.00. The van der Waals surface area contributed by atoms with E-state index in [1.807, 2.05) is 0 Å². The van der Waals surface area contributed by atoms with Crippen LogP contribution in [0.15, 0.2) is 0 Å². The molecule has 0 aliphatic carbocycles. The highest BCUT2D eigenvalue weighted by atomic mass is 127. The molecule has 0 saturated heterocycles. The van der Waals surface area contributed by atoms with Crippen LogP contribution in [0.4, 0.5) is 0 Å². The molecule has 0 nitrogen and oxygen atoms in total. The third kappa shape index (κ3) is 7.13. The van der Waals surface area contributed by atoms with E-state index in [0.717, 1.165) is 10.3 Å². The van der Waals surface area contributed by atoms with Crippen LogP contribution in [0.2, 0.25) is 0 Å². The molecule has 0 aromatic rings. The van der Waals surface area contributed by atoms with E-state index < -0.39 is 0 Å². The topological polar surface area (TPSA) is 0 Å². The van der Waals surface area contributed by atoms with Crippen molar-refractivity contribution in [2.24, 2.45) is 0 Å². The van der Waals surface area contributed by atoms with Gasteiger partial charge in [0, 0.05) is 9.30 Å². The maximum atomic E-state index is 5.95. The van der Waals surface area contributed by atoms with E-state index in [1.54, 1.807) is 0 Å². The summed E-state index contributed by atoms with van der Waals surface area (Å²) < 4.78 is 0.804. The van der Waals surface area contributed by atoms with Crippen molar-refractivity contribution in [3.63, 3.8) is 0 Å². The van der Waals surface area contributed by atoms with E-state index in [2.05, 4.69) is 36.4 Å². The number of alkyl halides is 2. The Kier molecular flexibility index (Phi) is 7.40. The molecule has 0 heterocycles. The fourth-order valence-electron chi connectivity index (χ4n) is 0.825. The fraction of sp³-hybridized carbons (Fsp3) is 1.00. The Morgan fingerprint density at radius 1 is 1.40 bits per heavy atom. The van der Waals surface area contributed by atoms with Gasteiger partial charge in [-0.3, -0.25) is 0 Å². The van der Waals surface area contributed by atoms with Crippen LogP contribution in [0.1, 0.15) is 39.5 Å². The van der Waals surface area contributed by atoms with Crippen molar-refractivity contribution in [1.82, 2.24) is 0 Å². The van der Waals surface area contributed by atoms with Crippen molar-refractivity contribution in [1.29, 1.82) is 0 Å². The number of hydrogen-bond acceptors (Lipinski definition) is 0. The summed E-state index contributed by atoms with van der Waals surface area (Å²) in [4.78, 5) is 0. The molecule has 0 fully saturated rings. The monoisotopic (exact) mass is 274 g/mol. The van der Waals surface area contributed by atoms with Gasteiger partial charge >= 0.3 is 0 Å². The second-order valence-corrected chi connectivity index (χ2v) is 5.46. The van der Waals surface area contributed by atoms with Crippen LogP contribution in [-0.2, 0) is 0 Å². The summed E-state index contributed by atoms with van der Waals surface area (Å²) in [6.07, 6.45) is 4.89. The molecule has 0 aromatic heterocycles. The van der Waals surface area contributed by atoms with Gasteiger partial charge in [-0.2, -0.15) is 0 Å². The Morgan fingerprint density at radius 3 is 2.40 bits per heavy atom. The second kappa shape index (κ2) is 6.71. The average molecular weight is 275 g/mol. The first-order valence-corrected chi connectivity index (χ1v) is 5.63. The normalized spacial score (nSPS) is 16.8. The van der Waals surface area contributed by atoms with E-state index >= 15 is 0 Å². The molecule has 2 unspecified atom stereocenters. The Bertz CT molecular complexity index is 73.7. The smallest absolute Gasteiger partial charge is 0.0333 e. The molecule has 0 rings (SSSR count). The Morgan fingerprint density at radius 2 is 2.00 bits per heavy atom. The molecule has 0 N–H and O–H groups in total. The lowest BCUT2D eigenvalue weighted by atomic mass is 10.1. The first-order chi connectivity index (χ1) is 4.66. The molecule has 0 aliphatic rings. The van der Waals surface area contributed by atoms with Crippen LogP contribution in [-0.4, -0.2) is 9.30 Å². The molecule has 0 saturated carbocycles. The van der Waals surface area contributed by atoms with Crippen molar-refractivity contribution < 1.29 is 0 Å². The summed E-state index contributed by atoms with van der Waals surface area (Å²) in [6, 6.07) is 0. The highest BCUT2D eigenvalue weighted by Gasteiger charge is 2.01. The zero-order chi connectivity index (χ0) is 7.98. The maximum Gasteiger partial charge on any atom is 0.0333 e. The minimum absolute atomic E-state index is 0.412. The van der Waals surface area contributed by atoms with Crippen molar-refractivity contribution in [2.45, 2.75) is 48.8 Å². The van der Waals surface area contributed by atoms with Crippen LogP contribution in [0.25, 0.3) is 0 Å². The van der Waals surface area contributed by atoms with Crippen molar-refractivity contribution in [3.05, 3.63) is 0 Å². The van der Waals surface area contributed by atoms with Crippen LogP contribution in [0.5, 0.6) is 0 Å². The summed E-state index contributed by atoms with van der Waals surface area (Å²) in [5.41, 5.74) is 0. The van der Waals surface area contributed by atoms with E-state index in [-0.39, 0.29) is 0 Å². The molecule has 62 valence electrons. The molecule has 0 spiro atoms. The first-order valence-electron chi connectivity index (χ1n) is 3.95. The van der Waals surface area contributed by atoms with Crippen LogP contribution >= 0.6 is 34.2 Å². The van der Waals surface area contributed by atoms with E-state index in [9.17, 15) is 0 Å². The van der Waals surface area contributed by atoms with Crippen LogP contribution in [0, 0.1) is 0 Å². The first kappa shape index (κ1) is 11.0. The Hall–Kier alpha value is 1.02. The van der Waals surface area contributed by atoms with E-state index in [1.165, 1.54) is 19.3 Å². The molecule has 0 bridgehead atoms. The molecule has 0 amide bonds. The van der Waals surface area contributed by atoms with Crippen molar-refractivity contribution >= 4 is 34.2 Å². The molecule has 2 atom stereocenters. The third-order valence-corrected chi connectivity index (χ3v) is 2.71. The SMILES string of the molecule is CCC(Cl)CCCC(C)I. The quantitative estimate of drug-likeness (QED) is 0.525. The summed E-state index contributed by atoms with van der Waals surface area (Å²) in [5, 5.41) is 0.412. The maximum absolute atomic E-state index is 5.95. The number of halogens is 2. The standard InChI is InChI=1S/C8H16ClI/c1-3-8(9)6-4-5-7(2)10/h7-8H,3-6H2,1-2H3. The Labute approximate surface area is 82.9 Å². The van der Waals surface area contributed by atoms with Gasteiger partial charge in [0.25, 0.3) is 0 Å². The lowest BCUT2D eigenvalue weighted by Crippen LogP contribution is -1.97. The zero-order valence-electron chi connectivity index (χ0n) is 6.74. The average Bonchev–Trinajstić information content (AvgIpc) is 1.87. The van der Waals surface area contributed by atoms with E-state index in [4.69, 9.17) is 11.6 Å². The molecule has 10 heavy (non-hydrogen) atoms. The summed E-state index contributed by atoms with van der Waals surface area (Å²) in [6.45, 7) is 4.39. The van der Waals surface area contributed by atoms with Gasteiger partial charge in [0.15, 0.2) is 0 Å². The zero-order valence-corrected chi connectivity index (χ0v) is 9.65. The molecular weight excluding hydrogens is 258 g/mol. The molecule has 0 radical (unpaired) electrons. The number of rotatable bonds is 5. The lowest BCUT2D eigenvalue weighted by Gasteiger charge is -2.06. The minimum atomic E-state index is 0.412. The van der Waals surface area contributed by atoms with Crippen LogP contribution < -0.4 is 0 Å². The molecule has 0 aliphatic heterocycles. The highest BCUT2D eigenvalue weighted by molar-refractivity contribution is 14.1. The van der Waals surface area contributed by atoms with Gasteiger partial charge in [-0.25, -0.2) is 0 Å². The fourth-order valence-corrected chi connectivity index (χ4v) is 1.42. The van der Waals surface area contributed by atoms with Gasteiger partial charge in [0.2, 0.25) is 0 Å². The second-order valence-electron chi connectivity index (χ2n) is 2.72. The number of hydrogen-bond donors (Lipinski definition) is 0. The largest absolute Gasteiger partial charge is 0.123 e. The molecule has 0 aromatic carbocycles. The van der Waals surface area contributed by atoms with Gasteiger partial charge in [-0.15, -0.1) is 11.6 Å². The van der Waals surface area contributed by atoms with Crippen molar-refractivity contribution in [2.75, 3.05) is 0 Å². The van der Waals surface area contributed by atoms with Gasteiger partial charge in [0.1, 0.15) is 0 Å². The van der Waals surface area contributed by atoms with Gasteiger partial charge in [-0.05, 0) is 19.3 Å². The third-order valence-electron chi connectivity index (χ3n) is 1.56. The lowest BCUT2D eigenvalue weighted by molar-refractivity contribution is 0.643. The van der Waals surface area contributed by atoms with Crippen LogP contribution in [0.3, 0.4) is 0 Å². The van der Waals surface area contributed by atoms with Gasteiger partial charge in [0.05, 0.1) is 0 Å². The van der Waals surface area contributed by atoms with Gasteiger partial charge < -0.3 is 0 Å². The Balaban J connectivity index is 3.03.